The molecule has 1 amide bonds. The molecule has 1 heterocycles. The molecule has 0 fully saturated rings. The van der Waals surface area contributed by atoms with Gasteiger partial charge in [-0.25, -0.2) is 4.79 Å². The number of aromatic nitrogens is 1. The van der Waals surface area contributed by atoms with Crippen LogP contribution in [-0.4, -0.2) is 30.0 Å². The van der Waals surface area contributed by atoms with Crippen LogP contribution in [0.4, 0.5) is 0 Å². The number of amides is 1. The van der Waals surface area contributed by atoms with Gasteiger partial charge in [0.2, 0.25) is 0 Å². The van der Waals surface area contributed by atoms with Crippen molar-refractivity contribution in [2.24, 2.45) is 0 Å². The van der Waals surface area contributed by atoms with E-state index in [2.05, 4.69) is 10.3 Å². The van der Waals surface area contributed by atoms with Gasteiger partial charge in [-0.15, -0.1) is 0 Å². The van der Waals surface area contributed by atoms with Crippen LogP contribution in [-0.2, 0) is 9.53 Å². The number of para-hydroxylation sites is 1. The number of fused-ring (bicyclic) bond motifs is 1. The van der Waals surface area contributed by atoms with Crippen LogP contribution in [0.15, 0.2) is 60.7 Å². The smallest absolute Gasteiger partial charge is 0.355 e. The Hall–Kier alpha value is -3.08. The van der Waals surface area contributed by atoms with Crippen molar-refractivity contribution in [1.29, 1.82) is 0 Å². The molecule has 0 unspecified atom stereocenters. The maximum atomic E-state index is 12.0. The minimum Gasteiger partial charge on any atom is -0.451 e. The summed E-state index contributed by atoms with van der Waals surface area (Å²) in [5.74, 6) is -0.663. The molecule has 128 valence electrons. The molecule has 0 saturated carbocycles. The second kappa shape index (κ2) is 7.66. The Labute approximate surface area is 146 Å². The molecule has 1 aromatic heterocycles. The molecule has 25 heavy (non-hydrogen) atoms. The number of nitrogens with one attached hydrogen (secondary N) is 2. The first-order valence-corrected chi connectivity index (χ1v) is 8.20. The van der Waals surface area contributed by atoms with Gasteiger partial charge < -0.3 is 15.0 Å². The van der Waals surface area contributed by atoms with Crippen LogP contribution in [0.25, 0.3) is 10.9 Å². The second-order valence-electron chi connectivity index (χ2n) is 5.96. The molecular weight excluding hydrogens is 316 g/mol. The molecule has 2 aromatic carbocycles. The van der Waals surface area contributed by atoms with E-state index in [0.717, 1.165) is 16.5 Å². The van der Waals surface area contributed by atoms with Crippen LogP contribution in [0.5, 0.6) is 0 Å². The molecule has 0 aliphatic rings. The zero-order valence-electron chi connectivity index (χ0n) is 14.0. The number of carbonyl (C=O) groups excluding carboxylic acids is 2. The Morgan fingerprint density at radius 3 is 2.56 bits per heavy atom. The molecule has 0 radical (unpaired) electrons. The monoisotopic (exact) mass is 336 g/mol. The minimum absolute atomic E-state index is 0.189. The fourth-order valence-corrected chi connectivity index (χ4v) is 2.61. The van der Waals surface area contributed by atoms with Gasteiger partial charge in [-0.1, -0.05) is 55.5 Å². The van der Waals surface area contributed by atoms with E-state index in [9.17, 15) is 9.59 Å². The zero-order valence-corrected chi connectivity index (χ0v) is 14.0. The van der Waals surface area contributed by atoms with Gasteiger partial charge in [0.25, 0.3) is 5.91 Å². The Bertz CT molecular complexity index is 838. The summed E-state index contributed by atoms with van der Waals surface area (Å²) < 4.78 is 5.08. The third kappa shape index (κ3) is 4.26. The molecule has 1 atom stereocenters. The average Bonchev–Trinajstić information content (AvgIpc) is 3.09. The van der Waals surface area contributed by atoms with Crippen LogP contribution in [0.2, 0.25) is 0 Å². The van der Waals surface area contributed by atoms with Crippen molar-refractivity contribution in [3.05, 3.63) is 71.9 Å². The van der Waals surface area contributed by atoms with Crippen molar-refractivity contribution in [1.82, 2.24) is 10.3 Å². The third-order valence-electron chi connectivity index (χ3n) is 4.06. The summed E-state index contributed by atoms with van der Waals surface area (Å²) in [6.07, 6.45) is 0. The number of carbonyl (C=O) groups is 2. The lowest BCUT2D eigenvalue weighted by Gasteiger charge is -2.13. The normalized spacial score (nSPS) is 11.9. The number of esters is 1. The summed E-state index contributed by atoms with van der Waals surface area (Å²) in [5, 5.41) is 3.71. The Morgan fingerprint density at radius 1 is 1.08 bits per heavy atom. The van der Waals surface area contributed by atoms with Crippen molar-refractivity contribution in [3.8, 4) is 0 Å². The molecule has 0 spiro atoms. The summed E-state index contributed by atoms with van der Waals surface area (Å²) in [7, 11) is 0. The molecule has 5 nitrogen and oxygen atoms in total. The molecule has 3 rings (SSSR count). The van der Waals surface area contributed by atoms with Crippen molar-refractivity contribution >= 4 is 22.8 Å². The van der Waals surface area contributed by atoms with Gasteiger partial charge in [-0.3, -0.25) is 4.79 Å². The number of aromatic amines is 1. The molecule has 0 aliphatic carbocycles. The van der Waals surface area contributed by atoms with E-state index in [4.69, 9.17) is 4.74 Å². The second-order valence-corrected chi connectivity index (χ2v) is 5.96. The van der Waals surface area contributed by atoms with Crippen molar-refractivity contribution in [2.75, 3.05) is 13.2 Å². The fourth-order valence-electron chi connectivity index (χ4n) is 2.61. The highest BCUT2D eigenvalue weighted by Crippen LogP contribution is 2.15. The molecule has 2 N–H and O–H groups in total. The number of rotatable bonds is 6. The van der Waals surface area contributed by atoms with Gasteiger partial charge in [0, 0.05) is 17.4 Å². The maximum absolute atomic E-state index is 12.0. The van der Waals surface area contributed by atoms with Gasteiger partial charge in [-0.05, 0) is 23.6 Å². The first-order chi connectivity index (χ1) is 12.1. The molecule has 0 aliphatic heterocycles. The summed E-state index contributed by atoms with van der Waals surface area (Å²) in [5.41, 5.74) is 2.35. The standard InChI is InChI=1S/C20H20N2O3/c1-14(15-7-3-2-4-8-15)12-21-19(23)13-25-20(24)18-11-16-9-5-6-10-17(16)22-18/h2-11,14,22H,12-13H2,1H3,(H,21,23)/t14-/m1/s1. The predicted octanol–water partition coefficient (Wildman–Crippen LogP) is 3.24. The molecule has 0 saturated heterocycles. The van der Waals surface area contributed by atoms with Gasteiger partial charge >= 0.3 is 5.97 Å². The lowest BCUT2D eigenvalue weighted by molar-refractivity contribution is -0.124. The van der Waals surface area contributed by atoms with Gasteiger partial charge in [0.15, 0.2) is 6.61 Å². The van der Waals surface area contributed by atoms with Crippen LogP contribution < -0.4 is 5.32 Å². The van der Waals surface area contributed by atoms with Crippen LogP contribution >= 0.6 is 0 Å². The van der Waals surface area contributed by atoms with Crippen molar-refractivity contribution < 1.29 is 14.3 Å². The lowest BCUT2D eigenvalue weighted by Crippen LogP contribution is -2.31. The highest BCUT2D eigenvalue weighted by molar-refractivity contribution is 5.95. The first-order valence-electron chi connectivity index (χ1n) is 8.20. The highest BCUT2D eigenvalue weighted by Gasteiger charge is 2.13. The number of ether oxygens (including phenoxy) is 1. The van der Waals surface area contributed by atoms with E-state index in [1.165, 1.54) is 0 Å². The van der Waals surface area contributed by atoms with E-state index < -0.39 is 5.97 Å². The summed E-state index contributed by atoms with van der Waals surface area (Å²) in [4.78, 5) is 26.9. The van der Waals surface area contributed by atoms with E-state index in [1.807, 2.05) is 61.5 Å². The average molecular weight is 336 g/mol. The van der Waals surface area contributed by atoms with Gasteiger partial charge in [0.05, 0.1) is 0 Å². The lowest BCUT2D eigenvalue weighted by atomic mass is 10.0. The summed E-state index contributed by atoms with van der Waals surface area (Å²) in [6, 6.07) is 19.2. The fraction of sp³-hybridized carbons (Fsp3) is 0.200. The molecule has 0 bridgehead atoms. The number of H-pyrrole nitrogens is 1. The highest BCUT2D eigenvalue weighted by atomic mass is 16.5. The van der Waals surface area contributed by atoms with Crippen LogP contribution in [0.3, 0.4) is 0 Å². The maximum Gasteiger partial charge on any atom is 0.355 e. The summed E-state index contributed by atoms with van der Waals surface area (Å²) >= 11 is 0. The Balaban J connectivity index is 1.47. The van der Waals surface area contributed by atoms with Crippen LogP contribution in [0, 0.1) is 0 Å². The summed E-state index contributed by atoms with van der Waals surface area (Å²) in [6.45, 7) is 2.23. The SMILES string of the molecule is C[C@H](CNC(=O)COC(=O)c1cc2ccccc2[nH]1)c1ccccc1. The van der Waals surface area contributed by atoms with Crippen molar-refractivity contribution in [2.45, 2.75) is 12.8 Å². The van der Waals surface area contributed by atoms with Crippen LogP contribution in [0.1, 0.15) is 28.9 Å². The number of hydrogen-bond acceptors (Lipinski definition) is 3. The molecular formula is C20H20N2O3. The Kier molecular flexibility index (Phi) is 5.14. The van der Waals surface area contributed by atoms with E-state index in [-0.39, 0.29) is 18.4 Å². The van der Waals surface area contributed by atoms with E-state index >= 15 is 0 Å². The zero-order chi connectivity index (χ0) is 17.6. The number of benzene rings is 2. The molecule has 5 heteroatoms. The van der Waals surface area contributed by atoms with Gasteiger partial charge in [0.1, 0.15) is 5.69 Å². The van der Waals surface area contributed by atoms with Crippen molar-refractivity contribution in [3.63, 3.8) is 0 Å². The molecule has 3 aromatic rings. The predicted molar refractivity (Wildman–Crippen MR) is 96.4 cm³/mol. The van der Waals surface area contributed by atoms with E-state index in [1.54, 1.807) is 6.07 Å². The Morgan fingerprint density at radius 2 is 1.80 bits per heavy atom. The third-order valence-corrected chi connectivity index (χ3v) is 4.06. The number of hydrogen-bond donors (Lipinski definition) is 2. The minimum atomic E-state index is -0.539. The van der Waals surface area contributed by atoms with Gasteiger partial charge in [-0.2, -0.15) is 0 Å². The largest absolute Gasteiger partial charge is 0.451 e. The first kappa shape index (κ1) is 16.8. The quantitative estimate of drug-likeness (QED) is 0.679. The van der Waals surface area contributed by atoms with E-state index in [0.29, 0.717) is 12.2 Å². The topological polar surface area (TPSA) is 71.2 Å².